The summed E-state index contributed by atoms with van der Waals surface area (Å²) in [5, 5.41) is 0. The number of alkyl halides is 1. The number of hydrogen-bond acceptors (Lipinski definition) is 1. The van der Waals surface area contributed by atoms with E-state index in [4.69, 9.17) is 0 Å². The van der Waals surface area contributed by atoms with Crippen LogP contribution >= 0.6 is 31.9 Å². The Hall–Kier alpha value is -1.72. The molecule has 3 rings (SSSR count). The Kier molecular flexibility index (Phi) is 5.78. The van der Waals surface area contributed by atoms with Crippen molar-refractivity contribution < 1.29 is 9.18 Å². The van der Waals surface area contributed by atoms with Gasteiger partial charge in [0.2, 0.25) is 0 Å². The first-order valence-corrected chi connectivity index (χ1v) is 9.82. The van der Waals surface area contributed by atoms with Crippen LogP contribution in [0.5, 0.6) is 0 Å². The molecular weight excluding hydrogens is 461 g/mol. The Labute approximate surface area is 169 Å². The van der Waals surface area contributed by atoms with Crippen molar-refractivity contribution in [1.29, 1.82) is 0 Å². The van der Waals surface area contributed by atoms with Crippen LogP contribution in [-0.2, 0) is 4.79 Å². The minimum absolute atomic E-state index is 0.140. The number of allylic oxidation sites excluding steroid dienone is 3. The first-order valence-electron chi connectivity index (χ1n) is 8.23. The number of amides is 1. The van der Waals surface area contributed by atoms with Crippen molar-refractivity contribution in [2.24, 2.45) is 0 Å². The Morgan fingerprint density at radius 1 is 1.15 bits per heavy atom. The molecule has 0 radical (unpaired) electrons. The average molecular weight is 479 g/mol. The van der Waals surface area contributed by atoms with Crippen molar-refractivity contribution in [2.45, 2.75) is 18.0 Å². The van der Waals surface area contributed by atoms with Crippen LogP contribution in [0.3, 0.4) is 0 Å². The number of benzene rings is 2. The van der Waals surface area contributed by atoms with Gasteiger partial charge in [-0.2, -0.15) is 0 Å². The van der Waals surface area contributed by atoms with E-state index < -0.39 is 5.67 Å². The van der Waals surface area contributed by atoms with E-state index in [1.807, 2.05) is 48.5 Å². The van der Waals surface area contributed by atoms with Crippen molar-refractivity contribution in [1.82, 2.24) is 0 Å². The van der Waals surface area contributed by atoms with E-state index in [9.17, 15) is 9.18 Å². The number of carbonyl (C=O) groups excluding carboxylic acids is 1. The Morgan fingerprint density at radius 2 is 1.88 bits per heavy atom. The van der Waals surface area contributed by atoms with Gasteiger partial charge in [0.1, 0.15) is 5.67 Å². The molecule has 1 fully saturated rings. The first-order chi connectivity index (χ1) is 12.4. The molecule has 134 valence electrons. The molecular formula is C21H18Br2FNO. The van der Waals surface area contributed by atoms with E-state index in [2.05, 4.69) is 31.9 Å². The largest absolute Gasteiger partial charge is 0.312 e. The quantitative estimate of drug-likeness (QED) is 0.371. The number of hydrogen-bond donors (Lipinski definition) is 0. The standard InChI is InChI=1S/C21H18Br2FNO/c1-25(16-7-3-2-4-8-16)20(26)9-5-6-12-21(24)14-17(21)15-10-11-18(22)19(23)13-15/h2-13,17H,14H2,1H3/b9-5+,12-6+. The molecule has 1 saturated carbocycles. The van der Waals surface area contributed by atoms with Crippen LogP contribution in [0.1, 0.15) is 17.9 Å². The van der Waals surface area contributed by atoms with Crippen molar-refractivity contribution >= 4 is 43.5 Å². The van der Waals surface area contributed by atoms with Gasteiger partial charge >= 0.3 is 0 Å². The van der Waals surface area contributed by atoms with Gasteiger partial charge in [0.25, 0.3) is 5.91 Å². The normalized spacial score (nSPS) is 22.1. The van der Waals surface area contributed by atoms with Crippen LogP contribution in [0.15, 0.2) is 81.8 Å². The summed E-state index contributed by atoms with van der Waals surface area (Å²) in [5.74, 6) is -0.294. The Balaban J connectivity index is 1.59. The van der Waals surface area contributed by atoms with Crippen LogP contribution in [0.25, 0.3) is 0 Å². The molecule has 26 heavy (non-hydrogen) atoms. The third-order valence-electron chi connectivity index (χ3n) is 4.48. The summed E-state index contributed by atoms with van der Waals surface area (Å²) in [4.78, 5) is 13.7. The number of nitrogens with zero attached hydrogens (tertiary/aromatic N) is 1. The third-order valence-corrected chi connectivity index (χ3v) is 6.36. The second-order valence-electron chi connectivity index (χ2n) is 6.31. The van der Waals surface area contributed by atoms with E-state index in [1.54, 1.807) is 30.2 Å². The zero-order valence-corrected chi connectivity index (χ0v) is 17.4. The smallest absolute Gasteiger partial charge is 0.250 e. The van der Waals surface area contributed by atoms with Crippen molar-refractivity contribution in [2.75, 3.05) is 11.9 Å². The van der Waals surface area contributed by atoms with Gasteiger partial charge in [-0.15, -0.1) is 0 Å². The number of rotatable bonds is 5. The fraction of sp³-hybridized carbons (Fsp3) is 0.190. The van der Waals surface area contributed by atoms with Crippen molar-refractivity contribution in [3.63, 3.8) is 0 Å². The second-order valence-corrected chi connectivity index (χ2v) is 8.02. The molecule has 0 aromatic heterocycles. The summed E-state index contributed by atoms with van der Waals surface area (Å²) >= 11 is 6.87. The summed E-state index contributed by atoms with van der Waals surface area (Å²) in [7, 11) is 1.71. The van der Waals surface area contributed by atoms with Crippen molar-refractivity contribution in [3.05, 3.63) is 87.3 Å². The lowest BCUT2D eigenvalue weighted by Crippen LogP contribution is -2.23. The molecule has 0 bridgehead atoms. The van der Waals surface area contributed by atoms with E-state index in [0.29, 0.717) is 6.42 Å². The molecule has 0 saturated heterocycles. The first kappa shape index (κ1) is 19.1. The molecule has 0 N–H and O–H groups in total. The highest BCUT2D eigenvalue weighted by molar-refractivity contribution is 9.13. The summed E-state index contributed by atoms with van der Waals surface area (Å²) in [5.41, 5.74) is 0.443. The molecule has 0 aliphatic heterocycles. The zero-order valence-electron chi connectivity index (χ0n) is 14.2. The molecule has 2 aromatic carbocycles. The molecule has 2 atom stereocenters. The third kappa shape index (κ3) is 4.33. The zero-order chi connectivity index (χ0) is 18.7. The Bertz CT molecular complexity index is 866. The molecule has 0 spiro atoms. The van der Waals surface area contributed by atoms with Gasteiger partial charge in [0.05, 0.1) is 0 Å². The maximum Gasteiger partial charge on any atom is 0.250 e. The summed E-state index contributed by atoms with van der Waals surface area (Å²) in [6.07, 6.45) is 6.66. The molecule has 1 aliphatic rings. The molecule has 5 heteroatoms. The molecule has 2 nitrogen and oxygen atoms in total. The number of likely N-dealkylation sites (N-methyl/N-ethyl adjacent to an activating group) is 1. The fourth-order valence-corrected chi connectivity index (χ4v) is 3.45. The predicted octanol–water partition coefficient (Wildman–Crippen LogP) is 6.18. The monoisotopic (exact) mass is 477 g/mol. The van der Waals surface area contributed by atoms with Crippen LogP contribution in [0.4, 0.5) is 10.1 Å². The molecule has 2 aromatic rings. The van der Waals surface area contributed by atoms with E-state index in [1.165, 1.54) is 6.08 Å². The van der Waals surface area contributed by atoms with Gasteiger partial charge in [0, 0.05) is 33.7 Å². The topological polar surface area (TPSA) is 20.3 Å². The highest BCUT2D eigenvalue weighted by Crippen LogP contribution is 2.56. The van der Waals surface area contributed by atoms with Crippen LogP contribution in [-0.4, -0.2) is 18.6 Å². The minimum Gasteiger partial charge on any atom is -0.312 e. The van der Waals surface area contributed by atoms with Gasteiger partial charge in [0.15, 0.2) is 0 Å². The van der Waals surface area contributed by atoms with Gasteiger partial charge < -0.3 is 4.90 Å². The van der Waals surface area contributed by atoms with Gasteiger partial charge in [-0.05, 0) is 74.2 Å². The Morgan fingerprint density at radius 3 is 2.58 bits per heavy atom. The lowest BCUT2D eigenvalue weighted by Gasteiger charge is -2.14. The summed E-state index contributed by atoms with van der Waals surface area (Å²) in [6.45, 7) is 0. The van der Waals surface area contributed by atoms with Gasteiger partial charge in [-0.3, -0.25) is 4.79 Å². The number of para-hydroxylation sites is 1. The summed E-state index contributed by atoms with van der Waals surface area (Å²) in [6, 6.07) is 15.2. The minimum atomic E-state index is -1.34. The number of anilines is 1. The highest BCUT2D eigenvalue weighted by Gasteiger charge is 2.54. The average Bonchev–Trinajstić information content (AvgIpc) is 3.32. The van der Waals surface area contributed by atoms with E-state index in [-0.39, 0.29) is 11.8 Å². The van der Waals surface area contributed by atoms with Crippen molar-refractivity contribution in [3.8, 4) is 0 Å². The molecule has 2 unspecified atom stereocenters. The maximum absolute atomic E-state index is 14.8. The van der Waals surface area contributed by atoms with Crippen LogP contribution in [0, 0.1) is 0 Å². The maximum atomic E-state index is 14.8. The number of halogens is 3. The van der Waals surface area contributed by atoms with Crippen LogP contribution in [0.2, 0.25) is 0 Å². The molecule has 1 aliphatic carbocycles. The van der Waals surface area contributed by atoms with E-state index >= 15 is 0 Å². The lowest BCUT2D eigenvalue weighted by atomic mass is 10.1. The van der Waals surface area contributed by atoms with Crippen LogP contribution < -0.4 is 4.90 Å². The SMILES string of the molecule is CN(C(=O)/C=C/C=C/C1(F)CC1c1ccc(Br)c(Br)c1)c1ccccc1. The fourth-order valence-electron chi connectivity index (χ4n) is 2.81. The van der Waals surface area contributed by atoms with Gasteiger partial charge in [-0.25, -0.2) is 4.39 Å². The molecule has 1 amide bonds. The molecule has 0 heterocycles. The highest BCUT2D eigenvalue weighted by atomic mass is 79.9. The number of carbonyl (C=O) groups is 1. The second kappa shape index (κ2) is 7.89. The van der Waals surface area contributed by atoms with E-state index in [0.717, 1.165) is 20.2 Å². The lowest BCUT2D eigenvalue weighted by molar-refractivity contribution is -0.113. The predicted molar refractivity (Wildman–Crippen MR) is 111 cm³/mol. The van der Waals surface area contributed by atoms with Gasteiger partial charge in [-0.1, -0.05) is 36.4 Å². The summed E-state index contributed by atoms with van der Waals surface area (Å²) < 4.78 is 16.7.